The number of para-hydroxylation sites is 1. The number of esters is 1. The number of imide groups is 1. The highest BCUT2D eigenvalue weighted by Crippen LogP contribution is 2.28. The molecule has 7 heteroatoms. The molecule has 0 aliphatic carbocycles. The molecule has 0 radical (unpaired) electrons. The van der Waals surface area contributed by atoms with Crippen LogP contribution in [0.1, 0.15) is 17.2 Å². The molecule has 3 aromatic carbocycles. The Labute approximate surface area is 185 Å². The number of hydrogen-bond donors (Lipinski definition) is 1. The first-order valence-electron chi connectivity index (χ1n) is 10.1. The SMILES string of the molecule is COC(=O)[C@H](NC(c1ccccc1)c1ccccc1)[C@H]1OC(=O)N(c2ccccc2)C1=O. The lowest BCUT2D eigenvalue weighted by Crippen LogP contribution is -2.52. The van der Waals surface area contributed by atoms with Crippen molar-refractivity contribution in [3.05, 3.63) is 102 Å². The van der Waals surface area contributed by atoms with Crippen molar-refractivity contribution in [3.63, 3.8) is 0 Å². The fourth-order valence-corrected chi connectivity index (χ4v) is 3.71. The highest BCUT2D eigenvalue weighted by Gasteiger charge is 2.49. The van der Waals surface area contributed by atoms with Crippen molar-refractivity contribution in [2.45, 2.75) is 18.2 Å². The second-order valence-electron chi connectivity index (χ2n) is 7.24. The summed E-state index contributed by atoms with van der Waals surface area (Å²) in [4.78, 5) is 39.4. The molecule has 4 rings (SSSR count). The third kappa shape index (κ3) is 4.24. The van der Waals surface area contributed by atoms with Gasteiger partial charge in [-0.25, -0.2) is 9.69 Å². The van der Waals surface area contributed by atoms with Crippen molar-refractivity contribution < 1.29 is 23.9 Å². The normalized spacial score (nSPS) is 16.7. The molecule has 1 N–H and O–H groups in total. The number of ether oxygens (including phenoxy) is 2. The molecule has 0 aromatic heterocycles. The predicted molar refractivity (Wildman–Crippen MR) is 118 cm³/mol. The Kier molecular flexibility index (Phi) is 6.28. The van der Waals surface area contributed by atoms with Gasteiger partial charge in [0.05, 0.1) is 18.8 Å². The number of hydrogen-bond acceptors (Lipinski definition) is 6. The van der Waals surface area contributed by atoms with E-state index in [9.17, 15) is 14.4 Å². The summed E-state index contributed by atoms with van der Waals surface area (Å²) < 4.78 is 10.3. The molecule has 3 aromatic rings. The molecule has 1 fully saturated rings. The zero-order chi connectivity index (χ0) is 22.5. The molecule has 1 heterocycles. The molecule has 0 spiro atoms. The van der Waals surface area contributed by atoms with Gasteiger partial charge in [0.2, 0.25) is 6.10 Å². The lowest BCUT2D eigenvalue weighted by atomic mass is 9.96. The fourth-order valence-electron chi connectivity index (χ4n) is 3.71. The Morgan fingerprint density at radius 1 is 0.875 bits per heavy atom. The quantitative estimate of drug-likeness (QED) is 0.578. The average molecular weight is 430 g/mol. The molecule has 2 atom stereocenters. The summed E-state index contributed by atoms with van der Waals surface area (Å²) in [5.41, 5.74) is 2.13. The number of cyclic esters (lactones) is 1. The van der Waals surface area contributed by atoms with Crippen molar-refractivity contribution in [1.29, 1.82) is 0 Å². The van der Waals surface area contributed by atoms with Gasteiger partial charge in [-0.1, -0.05) is 78.9 Å². The van der Waals surface area contributed by atoms with Crippen LogP contribution >= 0.6 is 0 Å². The highest BCUT2D eigenvalue weighted by molar-refractivity contribution is 6.19. The minimum atomic E-state index is -1.37. The van der Waals surface area contributed by atoms with Gasteiger partial charge in [0.15, 0.2) is 6.04 Å². The number of nitrogens with one attached hydrogen (secondary N) is 1. The van der Waals surface area contributed by atoms with E-state index < -0.39 is 36.2 Å². The number of amides is 2. The molecule has 162 valence electrons. The number of carbonyl (C=O) groups excluding carboxylic acids is 3. The Balaban J connectivity index is 1.68. The van der Waals surface area contributed by atoms with Crippen LogP contribution in [-0.2, 0) is 19.1 Å². The summed E-state index contributed by atoms with van der Waals surface area (Å²) in [6.07, 6.45) is -2.21. The Morgan fingerprint density at radius 3 is 1.88 bits per heavy atom. The maximum absolute atomic E-state index is 13.2. The Hall–Kier alpha value is -3.97. The minimum absolute atomic E-state index is 0.372. The van der Waals surface area contributed by atoms with Crippen molar-refractivity contribution in [3.8, 4) is 0 Å². The summed E-state index contributed by atoms with van der Waals surface area (Å²) in [6, 6.07) is 25.8. The van der Waals surface area contributed by atoms with E-state index in [1.807, 2.05) is 60.7 Å². The summed E-state index contributed by atoms with van der Waals surface area (Å²) in [7, 11) is 1.23. The van der Waals surface area contributed by atoms with E-state index in [4.69, 9.17) is 9.47 Å². The zero-order valence-electron chi connectivity index (χ0n) is 17.4. The second-order valence-corrected chi connectivity index (χ2v) is 7.24. The lowest BCUT2D eigenvalue weighted by Gasteiger charge is -2.27. The molecular formula is C25H22N2O5. The van der Waals surface area contributed by atoms with Crippen molar-refractivity contribution in [2.24, 2.45) is 0 Å². The van der Waals surface area contributed by atoms with Crippen LogP contribution in [0.2, 0.25) is 0 Å². The molecule has 0 unspecified atom stereocenters. The van der Waals surface area contributed by atoms with Gasteiger partial charge in [0.25, 0.3) is 5.91 Å². The first-order valence-corrected chi connectivity index (χ1v) is 10.1. The molecule has 1 aliphatic heterocycles. The van der Waals surface area contributed by atoms with Gasteiger partial charge in [-0.2, -0.15) is 0 Å². The third-order valence-electron chi connectivity index (χ3n) is 5.26. The van der Waals surface area contributed by atoms with Crippen LogP contribution < -0.4 is 10.2 Å². The molecule has 1 saturated heterocycles. The topological polar surface area (TPSA) is 84.9 Å². The first-order chi connectivity index (χ1) is 15.6. The smallest absolute Gasteiger partial charge is 0.422 e. The van der Waals surface area contributed by atoms with Gasteiger partial charge in [0.1, 0.15) is 0 Å². The van der Waals surface area contributed by atoms with Gasteiger partial charge >= 0.3 is 12.1 Å². The van der Waals surface area contributed by atoms with Crippen LogP contribution in [0.15, 0.2) is 91.0 Å². The second kappa shape index (κ2) is 9.45. The lowest BCUT2D eigenvalue weighted by molar-refractivity contribution is -0.148. The Bertz CT molecular complexity index is 1050. The number of rotatable bonds is 7. The maximum Gasteiger partial charge on any atom is 0.422 e. The largest absolute Gasteiger partial charge is 0.468 e. The molecular weight excluding hydrogens is 408 g/mol. The number of nitrogens with zero attached hydrogens (tertiary/aromatic N) is 1. The van der Waals surface area contributed by atoms with Gasteiger partial charge in [-0.15, -0.1) is 0 Å². The Morgan fingerprint density at radius 2 is 1.38 bits per heavy atom. The number of anilines is 1. The van der Waals surface area contributed by atoms with E-state index in [1.165, 1.54) is 7.11 Å². The summed E-state index contributed by atoms with van der Waals surface area (Å²) in [5, 5.41) is 3.20. The van der Waals surface area contributed by atoms with Crippen LogP contribution in [0.3, 0.4) is 0 Å². The van der Waals surface area contributed by atoms with E-state index in [-0.39, 0.29) is 0 Å². The molecule has 0 bridgehead atoms. The van der Waals surface area contributed by atoms with Crippen molar-refractivity contribution in [1.82, 2.24) is 5.32 Å². The van der Waals surface area contributed by atoms with Crippen molar-refractivity contribution >= 4 is 23.7 Å². The van der Waals surface area contributed by atoms with Crippen LogP contribution in [-0.4, -0.2) is 37.2 Å². The van der Waals surface area contributed by atoms with Crippen LogP contribution in [0.5, 0.6) is 0 Å². The van der Waals surface area contributed by atoms with Crippen LogP contribution in [0.4, 0.5) is 10.5 Å². The monoisotopic (exact) mass is 430 g/mol. The van der Waals surface area contributed by atoms with Crippen LogP contribution in [0, 0.1) is 0 Å². The van der Waals surface area contributed by atoms with Gasteiger partial charge in [-0.05, 0) is 23.3 Å². The maximum atomic E-state index is 13.2. The van der Waals surface area contributed by atoms with E-state index in [1.54, 1.807) is 30.3 Å². The molecule has 32 heavy (non-hydrogen) atoms. The summed E-state index contributed by atoms with van der Waals surface area (Å²) in [5.74, 6) is -1.34. The number of benzene rings is 3. The third-order valence-corrected chi connectivity index (χ3v) is 5.26. The van der Waals surface area contributed by atoms with Gasteiger partial charge in [0, 0.05) is 0 Å². The summed E-state index contributed by atoms with van der Waals surface area (Å²) >= 11 is 0. The molecule has 7 nitrogen and oxygen atoms in total. The zero-order valence-corrected chi connectivity index (χ0v) is 17.4. The van der Waals surface area contributed by atoms with E-state index in [0.717, 1.165) is 16.0 Å². The molecule has 1 aliphatic rings. The van der Waals surface area contributed by atoms with Gasteiger partial charge < -0.3 is 9.47 Å². The van der Waals surface area contributed by atoms with Crippen molar-refractivity contribution in [2.75, 3.05) is 12.0 Å². The fraction of sp³-hybridized carbons (Fsp3) is 0.160. The standard InChI is InChI=1S/C25H22N2O5/c1-31-24(29)21(22-23(28)27(25(30)32-22)19-15-9-4-10-16-19)26-20(17-11-5-2-6-12-17)18-13-7-3-8-14-18/h2-16,20-22,26H,1H3/t21-,22-/m1/s1. The van der Waals surface area contributed by atoms with E-state index in [2.05, 4.69) is 5.32 Å². The minimum Gasteiger partial charge on any atom is -0.468 e. The molecule has 0 saturated carbocycles. The first kappa shape index (κ1) is 21.3. The van der Waals surface area contributed by atoms with Gasteiger partial charge in [-0.3, -0.25) is 14.9 Å². The van der Waals surface area contributed by atoms with E-state index in [0.29, 0.717) is 5.69 Å². The number of carbonyl (C=O) groups is 3. The number of methoxy groups -OCH3 is 1. The summed E-state index contributed by atoms with van der Waals surface area (Å²) in [6.45, 7) is 0. The average Bonchev–Trinajstić information content (AvgIpc) is 3.14. The van der Waals surface area contributed by atoms with E-state index >= 15 is 0 Å². The molecule has 2 amide bonds. The van der Waals surface area contributed by atoms with Crippen LogP contribution in [0.25, 0.3) is 0 Å². The predicted octanol–water partition coefficient (Wildman–Crippen LogP) is 3.46. The highest BCUT2D eigenvalue weighted by atomic mass is 16.6.